The lowest BCUT2D eigenvalue weighted by molar-refractivity contribution is 0.319. The third-order valence-electron chi connectivity index (χ3n) is 4.86. The lowest BCUT2D eigenvalue weighted by Gasteiger charge is -2.09. The van der Waals surface area contributed by atoms with Gasteiger partial charge in [0.2, 0.25) is 0 Å². The fourth-order valence-corrected chi connectivity index (χ4v) is 3.65. The van der Waals surface area contributed by atoms with Gasteiger partial charge in [0.15, 0.2) is 0 Å². The molecule has 0 aliphatic carbocycles. The van der Waals surface area contributed by atoms with Crippen LogP contribution in [0.15, 0.2) is 71.9 Å². The first-order chi connectivity index (χ1) is 12.2. The molecule has 3 aromatic carbocycles. The summed E-state index contributed by atoms with van der Waals surface area (Å²) in [5, 5.41) is 15.7. The second-order valence-electron chi connectivity index (χ2n) is 6.26. The van der Waals surface area contributed by atoms with Crippen LogP contribution in [0, 0.1) is 6.92 Å². The molecular weight excluding hydrogens is 308 g/mol. The number of fused-ring (bicyclic) bond motifs is 3. The molecular formula is C22H20N2O. The number of benzene rings is 3. The van der Waals surface area contributed by atoms with E-state index in [0.29, 0.717) is 5.71 Å². The minimum Gasteiger partial charge on any atom is -0.410 e. The topological polar surface area (TPSA) is 37.5 Å². The van der Waals surface area contributed by atoms with Crippen molar-refractivity contribution < 1.29 is 5.21 Å². The van der Waals surface area contributed by atoms with Crippen LogP contribution < -0.4 is 0 Å². The molecule has 0 fully saturated rings. The van der Waals surface area contributed by atoms with Crippen molar-refractivity contribution in [3.63, 3.8) is 0 Å². The minimum absolute atomic E-state index is 0.605. The zero-order valence-electron chi connectivity index (χ0n) is 14.4. The summed E-state index contributed by atoms with van der Waals surface area (Å²) >= 11 is 0. The number of para-hydroxylation sites is 1. The van der Waals surface area contributed by atoms with E-state index in [0.717, 1.165) is 23.2 Å². The van der Waals surface area contributed by atoms with Gasteiger partial charge < -0.3 is 9.77 Å². The van der Waals surface area contributed by atoms with Gasteiger partial charge >= 0.3 is 0 Å². The largest absolute Gasteiger partial charge is 0.410 e. The number of aryl methyl sites for hydroxylation is 2. The Morgan fingerprint density at radius 2 is 1.64 bits per heavy atom. The van der Waals surface area contributed by atoms with Gasteiger partial charge in [-0.05, 0) is 37.6 Å². The van der Waals surface area contributed by atoms with Crippen LogP contribution in [0.5, 0.6) is 0 Å². The first kappa shape index (κ1) is 15.5. The molecule has 0 spiro atoms. The first-order valence-electron chi connectivity index (χ1n) is 8.54. The number of aromatic nitrogens is 1. The van der Waals surface area contributed by atoms with Crippen molar-refractivity contribution in [3.8, 4) is 0 Å². The van der Waals surface area contributed by atoms with E-state index < -0.39 is 0 Å². The molecule has 0 saturated heterocycles. The maximum atomic E-state index is 9.68. The zero-order chi connectivity index (χ0) is 17.4. The van der Waals surface area contributed by atoms with Gasteiger partial charge in [0.1, 0.15) is 5.71 Å². The van der Waals surface area contributed by atoms with Crippen molar-refractivity contribution in [2.75, 3.05) is 0 Å². The fraction of sp³-hybridized carbons (Fsp3) is 0.136. The van der Waals surface area contributed by atoms with Crippen LogP contribution in [0.25, 0.3) is 21.8 Å². The average Bonchev–Trinajstić information content (AvgIpc) is 2.97. The molecule has 3 heteroatoms. The van der Waals surface area contributed by atoms with Gasteiger partial charge in [-0.15, -0.1) is 0 Å². The van der Waals surface area contributed by atoms with E-state index in [4.69, 9.17) is 0 Å². The normalized spacial score (nSPS) is 12.2. The van der Waals surface area contributed by atoms with E-state index in [1.165, 1.54) is 21.8 Å². The Morgan fingerprint density at radius 1 is 0.920 bits per heavy atom. The van der Waals surface area contributed by atoms with Crippen LogP contribution in [0.3, 0.4) is 0 Å². The summed E-state index contributed by atoms with van der Waals surface area (Å²) in [6, 6.07) is 22.7. The van der Waals surface area contributed by atoms with E-state index in [-0.39, 0.29) is 0 Å². The monoisotopic (exact) mass is 328 g/mol. The van der Waals surface area contributed by atoms with Gasteiger partial charge in [-0.2, -0.15) is 0 Å². The second-order valence-corrected chi connectivity index (χ2v) is 6.26. The minimum atomic E-state index is 0.605. The van der Waals surface area contributed by atoms with Crippen molar-refractivity contribution in [1.29, 1.82) is 0 Å². The molecule has 0 aliphatic rings. The standard InChI is InChI=1S/C22H20N2O/c1-3-24-20-11-7-6-10-18(20)19-14-16(12-13-21(19)24)22(23-25)17-9-5-4-8-15(17)2/h4-14,25H,3H2,1-2H3. The highest BCUT2D eigenvalue weighted by molar-refractivity contribution is 6.17. The molecule has 1 aromatic heterocycles. The van der Waals surface area contributed by atoms with Gasteiger partial charge in [0, 0.05) is 39.5 Å². The molecule has 1 N–H and O–H groups in total. The predicted octanol–water partition coefficient (Wildman–Crippen LogP) is 5.35. The Kier molecular flexibility index (Phi) is 3.77. The van der Waals surface area contributed by atoms with Crippen molar-refractivity contribution in [1.82, 2.24) is 4.57 Å². The van der Waals surface area contributed by atoms with Crippen LogP contribution in [0.2, 0.25) is 0 Å². The summed E-state index contributed by atoms with van der Waals surface area (Å²) in [6.07, 6.45) is 0. The zero-order valence-corrected chi connectivity index (χ0v) is 14.4. The van der Waals surface area contributed by atoms with Crippen LogP contribution >= 0.6 is 0 Å². The summed E-state index contributed by atoms with van der Waals surface area (Å²) < 4.78 is 2.32. The number of hydrogen-bond acceptors (Lipinski definition) is 2. The van der Waals surface area contributed by atoms with E-state index in [9.17, 15) is 5.21 Å². The summed E-state index contributed by atoms with van der Waals surface area (Å²) in [5.74, 6) is 0. The van der Waals surface area contributed by atoms with E-state index in [1.807, 2.05) is 37.3 Å². The van der Waals surface area contributed by atoms with Crippen LogP contribution in [-0.2, 0) is 6.54 Å². The van der Waals surface area contributed by atoms with Crippen LogP contribution in [0.4, 0.5) is 0 Å². The van der Waals surface area contributed by atoms with E-state index >= 15 is 0 Å². The van der Waals surface area contributed by atoms with E-state index in [2.05, 4.69) is 53.0 Å². The van der Waals surface area contributed by atoms with Crippen molar-refractivity contribution in [2.24, 2.45) is 5.16 Å². The highest BCUT2D eigenvalue weighted by Crippen LogP contribution is 2.30. The molecule has 0 radical (unpaired) electrons. The Labute approximate surface area is 146 Å². The lowest BCUT2D eigenvalue weighted by Crippen LogP contribution is -2.05. The van der Waals surface area contributed by atoms with Gasteiger partial charge in [-0.25, -0.2) is 0 Å². The quantitative estimate of drug-likeness (QED) is 0.307. The molecule has 4 aromatic rings. The molecule has 0 atom stereocenters. The molecule has 0 unspecified atom stereocenters. The molecule has 0 bridgehead atoms. The molecule has 25 heavy (non-hydrogen) atoms. The highest BCUT2D eigenvalue weighted by atomic mass is 16.4. The first-order valence-corrected chi connectivity index (χ1v) is 8.54. The average molecular weight is 328 g/mol. The molecule has 0 amide bonds. The van der Waals surface area contributed by atoms with Crippen molar-refractivity contribution >= 4 is 27.5 Å². The molecule has 0 saturated carbocycles. The third-order valence-corrected chi connectivity index (χ3v) is 4.86. The SMILES string of the molecule is CCn1c2ccccc2c2cc(C(=NO)c3ccccc3C)ccc21. The van der Waals surface area contributed by atoms with Gasteiger partial charge in [0.25, 0.3) is 0 Å². The smallest absolute Gasteiger partial charge is 0.117 e. The van der Waals surface area contributed by atoms with Crippen molar-refractivity contribution in [2.45, 2.75) is 20.4 Å². The summed E-state index contributed by atoms with van der Waals surface area (Å²) in [6.45, 7) is 5.11. The Morgan fingerprint density at radius 3 is 2.40 bits per heavy atom. The van der Waals surface area contributed by atoms with Crippen LogP contribution in [-0.4, -0.2) is 15.5 Å². The summed E-state index contributed by atoms with van der Waals surface area (Å²) in [5.41, 5.74) is 6.00. The van der Waals surface area contributed by atoms with Gasteiger partial charge in [-0.1, -0.05) is 53.7 Å². The number of rotatable bonds is 3. The van der Waals surface area contributed by atoms with Crippen LogP contribution in [0.1, 0.15) is 23.6 Å². The van der Waals surface area contributed by atoms with E-state index in [1.54, 1.807) is 0 Å². The van der Waals surface area contributed by atoms with Gasteiger partial charge in [0.05, 0.1) is 0 Å². The predicted molar refractivity (Wildman–Crippen MR) is 104 cm³/mol. The maximum absolute atomic E-state index is 9.68. The number of oxime groups is 1. The number of nitrogens with zero attached hydrogens (tertiary/aromatic N) is 2. The lowest BCUT2D eigenvalue weighted by atomic mass is 9.97. The third kappa shape index (κ3) is 2.40. The molecule has 0 aliphatic heterocycles. The Balaban J connectivity index is 1.98. The molecule has 3 nitrogen and oxygen atoms in total. The number of hydrogen-bond donors (Lipinski definition) is 1. The Hall–Kier alpha value is -3.07. The Bertz CT molecular complexity index is 1110. The van der Waals surface area contributed by atoms with Gasteiger partial charge in [-0.3, -0.25) is 0 Å². The summed E-state index contributed by atoms with van der Waals surface area (Å²) in [4.78, 5) is 0. The maximum Gasteiger partial charge on any atom is 0.117 e. The second kappa shape index (κ2) is 6.10. The summed E-state index contributed by atoms with van der Waals surface area (Å²) in [7, 11) is 0. The molecule has 1 heterocycles. The molecule has 4 rings (SSSR count). The highest BCUT2D eigenvalue weighted by Gasteiger charge is 2.14. The fourth-order valence-electron chi connectivity index (χ4n) is 3.65. The van der Waals surface area contributed by atoms with Crippen molar-refractivity contribution in [3.05, 3.63) is 83.4 Å². The molecule has 124 valence electrons.